The van der Waals surface area contributed by atoms with Crippen molar-refractivity contribution in [3.8, 4) is 17.6 Å². The number of nitriles is 1. The Kier molecular flexibility index (Phi) is 4.25. The summed E-state index contributed by atoms with van der Waals surface area (Å²) in [6.07, 6.45) is 0.222. The summed E-state index contributed by atoms with van der Waals surface area (Å²) < 4.78 is 10.4. The second-order valence-electron chi connectivity index (χ2n) is 3.20. The van der Waals surface area contributed by atoms with Gasteiger partial charge in [-0.15, -0.1) is 12.4 Å². The highest BCUT2D eigenvalue weighted by Crippen LogP contribution is 2.38. The molecular weight excluding hydrogens is 251 g/mol. The van der Waals surface area contributed by atoms with Gasteiger partial charge in [0, 0.05) is 17.1 Å². The first-order chi connectivity index (χ1) is 7.22. The van der Waals surface area contributed by atoms with Crippen molar-refractivity contribution < 1.29 is 9.47 Å². The minimum absolute atomic E-state index is 0. The van der Waals surface area contributed by atoms with E-state index in [-0.39, 0.29) is 25.6 Å². The lowest BCUT2D eigenvalue weighted by Gasteiger charge is -2.10. The van der Waals surface area contributed by atoms with Crippen LogP contribution >= 0.6 is 24.0 Å². The van der Waals surface area contributed by atoms with E-state index >= 15 is 0 Å². The quantitative estimate of drug-likeness (QED) is 0.887. The number of rotatable bonds is 2. The number of benzene rings is 1. The summed E-state index contributed by atoms with van der Waals surface area (Å²) in [5.41, 5.74) is 6.51. The van der Waals surface area contributed by atoms with E-state index in [4.69, 9.17) is 32.1 Å². The number of nitrogens with zero attached hydrogens (tertiary/aromatic N) is 1. The van der Waals surface area contributed by atoms with Gasteiger partial charge in [0.1, 0.15) is 0 Å². The molecule has 0 spiro atoms. The van der Waals surface area contributed by atoms with Crippen molar-refractivity contribution in [1.29, 1.82) is 5.26 Å². The fourth-order valence-corrected chi connectivity index (χ4v) is 1.72. The molecule has 2 N–H and O–H groups in total. The molecule has 2 rings (SSSR count). The maximum atomic E-state index is 8.55. The Bertz CT molecular complexity index is 432. The lowest BCUT2D eigenvalue weighted by Crippen LogP contribution is -2.09. The normalized spacial score (nSPS) is 13.8. The maximum absolute atomic E-state index is 8.55. The SMILES string of the molecule is Cl.N#CC[C@@H](N)c1cc2c(cc1Cl)OCO2. The lowest BCUT2D eigenvalue weighted by molar-refractivity contribution is 0.174. The summed E-state index contributed by atoms with van der Waals surface area (Å²) >= 11 is 6.01. The van der Waals surface area contributed by atoms with Gasteiger partial charge in [-0.05, 0) is 11.6 Å². The molecule has 1 aromatic rings. The van der Waals surface area contributed by atoms with Gasteiger partial charge in [0.05, 0.1) is 12.5 Å². The van der Waals surface area contributed by atoms with Crippen LogP contribution in [-0.2, 0) is 0 Å². The van der Waals surface area contributed by atoms with Crippen molar-refractivity contribution in [1.82, 2.24) is 0 Å². The van der Waals surface area contributed by atoms with Crippen molar-refractivity contribution in [3.63, 3.8) is 0 Å². The molecule has 0 bridgehead atoms. The van der Waals surface area contributed by atoms with Gasteiger partial charge in [0.25, 0.3) is 0 Å². The van der Waals surface area contributed by atoms with Crippen LogP contribution in [0.4, 0.5) is 0 Å². The van der Waals surface area contributed by atoms with Gasteiger partial charge < -0.3 is 15.2 Å². The minimum Gasteiger partial charge on any atom is -0.454 e. The fraction of sp³-hybridized carbons (Fsp3) is 0.300. The summed E-state index contributed by atoms with van der Waals surface area (Å²) in [7, 11) is 0. The number of ether oxygens (including phenoxy) is 2. The van der Waals surface area contributed by atoms with Crippen molar-refractivity contribution in [2.45, 2.75) is 12.5 Å². The summed E-state index contributed by atoms with van der Waals surface area (Å²) in [5, 5.41) is 9.06. The first kappa shape index (κ1) is 12.9. The smallest absolute Gasteiger partial charge is 0.231 e. The summed E-state index contributed by atoms with van der Waals surface area (Å²) in [6.45, 7) is 0.197. The number of fused-ring (bicyclic) bond motifs is 1. The van der Waals surface area contributed by atoms with Gasteiger partial charge >= 0.3 is 0 Å². The topological polar surface area (TPSA) is 68.3 Å². The molecule has 0 amide bonds. The standard InChI is InChI=1S/C10H9ClN2O2.ClH/c11-7-4-10-9(14-5-15-10)3-6(7)8(13)1-2-12;/h3-4,8H,1,5,13H2;1H/t8-;/m1./s1. The molecule has 86 valence electrons. The molecule has 0 saturated heterocycles. The number of hydrogen-bond donors (Lipinski definition) is 1. The molecule has 1 aromatic carbocycles. The predicted octanol–water partition coefficient (Wildman–Crippen LogP) is 2.40. The summed E-state index contributed by atoms with van der Waals surface area (Å²) in [4.78, 5) is 0. The van der Waals surface area contributed by atoms with Crippen LogP contribution in [0, 0.1) is 11.3 Å². The second-order valence-corrected chi connectivity index (χ2v) is 3.60. The van der Waals surface area contributed by atoms with Gasteiger partial charge in [-0.25, -0.2) is 0 Å². The third kappa shape index (κ3) is 2.33. The van der Waals surface area contributed by atoms with Crippen LogP contribution in [0.25, 0.3) is 0 Å². The van der Waals surface area contributed by atoms with E-state index in [1.807, 2.05) is 6.07 Å². The zero-order chi connectivity index (χ0) is 10.8. The molecule has 0 aliphatic carbocycles. The van der Waals surface area contributed by atoms with Crippen LogP contribution in [0.2, 0.25) is 5.02 Å². The van der Waals surface area contributed by atoms with E-state index < -0.39 is 6.04 Å². The van der Waals surface area contributed by atoms with Gasteiger partial charge in [-0.2, -0.15) is 5.26 Å². The third-order valence-corrected chi connectivity index (χ3v) is 2.53. The highest BCUT2D eigenvalue weighted by molar-refractivity contribution is 6.31. The van der Waals surface area contributed by atoms with Gasteiger partial charge in [-0.1, -0.05) is 11.6 Å². The van der Waals surface area contributed by atoms with Crippen LogP contribution in [-0.4, -0.2) is 6.79 Å². The van der Waals surface area contributed by atoms with E-state index in [9.17, 15) is 0 Å². The van der Waals surface area contributed by atoms with E-state index in [1.54, 1.807) is 12.1 Å². The molecule has 4 nitrogen and oxygen atoms in total. The van der Waals surface area contributed by atoms with E-state index in [2.05, 4.69) is 0 Å². The zero-order valence-electron chi connectivity index (χ0n) is 8.27. The van der Waals surface area contributed by atoms with Crippen LogP contribution in [0.1, 0.15) is 18.0 Å². The largest absolute Gasteiger partial charge is 0.454 e. The first-order valence-electron chi connectivity index (χ1n) is 4.44. The molecular formula is C10H10Cl2N2O2. The highest BCUT2D eigenvalue weighted by Gasteiger charge is 2.19. The average Bonchev–Trinajstić information content (AvgIpc) is 2.63. The van der Waals surface area contributed by atoms with Crippen molar-refractivity contribution in [2.24, 2.45) is 5.73 Å². The molecule has 1 atom stereocenters. The lowest BCUT2D eigenvalue weighted by atomic mass is 10.0. The van der Waals surface area contributed by atoms with Crippen molar-refractivity contribution in [2.75, 3.05) is 6.79 Å². The molecule has 0 unspecified atom stereocenters. The predicted molar refractivity (Wildman–Crippen MR) is 62.0 cm³/mol. The number of halogens is 2. The molecule has 1 heterocycles. The Balaban J connectivity index is 0.00000128. The van der Waals surface area contributed by atoms with Gasteiger partial charge in [-0.3, -0.25) is 0 Å². The van der Waals surface area contributed by atoms with Crippen LogP contribution in [0.5, 0.6) is 11.5 Å². The summed E-state index contributed by atoms with van der Waals surface area (Å²) in [5.74, 6) is 1.25. The summed E-state index contributed by atoms with van der Waals surface area (Å²) in [6, 6.07) is 5.01. The molecule has 6 heteroatoms. The van der Waals surface area contributed by atoms with E-state index in [0.29, 0.717) is 22.1 Å². The monoisotopic (exact) mass is 260 g/mol. The van der Waals surface area contributed by atoms with E-state index in [0.717, 1.165) is 0 Å². The Morgan fingerprint density at radius 1 is 1.44 bits per heavy atom. The van der Waals surface area contributed by atoms with Crippen molar-refractivity contribution in [3.05, 3.63) is 22.7 Å². The molecule has 0 radical (unpaired) electrons. The first-order valence-corrected chi connectivity index (χ1v) is 4.81. The highest BCUT2D eigenvalue weighted by atomic mass is 35.5. The van der Waals surface area contributed by atoms with Crippen LogP contribution < -0.4 is 15.2 Å². The van der Waals surface area contributed by atoms with Gasteiger partial charge in [0.15, 0.2) is 11.5 Å². The molecule has 1 aliphatic heterocycles. The van der Waals surface area contributed by atoms with Crippen molar-refractivity contribution >= 4 is 24.0 Å². The molecule has 0 saturated carbocycles. The van der Waals surface area contributed by atoms with Crippen LogP contribution in [0.15, 0.2) is 12.1 Å². The van der Waals surface area contributed by atoms with Crippen LogP contribution in [0.3, 0.4) is 0 Å². The molecule has 1 aliphatic rings. The number of nitrogens with two attached hydrogens (primary N) is 1. The Morgan fingerprint density at radius 2 is 2.06 bits per heavy atom. The third-order valence-electron chi connectivity index (χ3n) is 2.20. The molecule has 0 fully saturated rings. The second kappa shape index (κ2) is 5.26. The zero-order valence-corrected chi connectivity index (χ0v) is 9.85. The fourth-order valence-electron chi connectivity index (χ4n) is 1.43. The Labute approximate surface area is 104 Å². The van der Waals surface area contributed by atoms with E-state index in [1.165, 1.54) is 0 Å². The minimum atomic E-state index is -0.392. The molecule has 16 heavy (non-hydrogen) atoms. The Hall–Kier alpha value is -1.15. The average molecular weight is 261 g/mol. The maximum Gasteiger partial charge on any atom is 0.231 e. The molecule has 0 aromatic heterocycles. The van der Waals surface area contributed by atoms with Gasteiger partial charge in [0.2, 0.25) is 6.79 Å². The number of hydrogen-bond acceptors (Lipinski definition) is 4. The Morgan fingerprint density at radius 3 is 2.69 bits per heavy atom.